The van der Waals surface area contributed by atoms with Gasteiger partial charge >= 0.3 is 0 Å². The Kier molecular flexibility index (Phi) is 11.8. The predicted molar refractivity (Wildman–Crippen MR) is 227 cm³/mol. The Hall–Kier alpha value is -5.96. The first kappa shape index (κ1) is 40.8. The standard InChI is InChI=1S/C29H30F2N6O2.C16H11ClF2N2/c1-18-3-4-32-24(13-18)27-19(2)28(26-22(31)14-20(30)15-23(26)34-27)35-25-16-21(36-5-9-38-10-6-36)17-33-29(25)37-7-11-39-12-8-37;1-8-3-4-20-13(5-8)16-9(2)15(17)14-11(19)6-10(18)7-12(14)21-16/h3-4,13-17H,5-12H2,1-2H3,(H,34,35);3-7H,1-2H3. The first-order valence-corrected chi connectivity index (χ1v) is 19.9. The van der Waals surface area contributed by atoms with E-state index in [0.29, 0.717) is 79.1 Å². The van der Waals surface area contributed by atoms with Gasteiger partial charge in [-0.3, -0.25) is 9.97 Å². The topological polar surface area (TPSA) is 101 Å². The third kappa shape index (κ3) is 8.40. The van der Waals surface area contributed by atoms with E-state index < -0.39 is 23.3 Å². The molecule has 2 aliphatic heterocycles. The molecule has 0 atom stereocenters. The number of aryl methyl sites for hydroxylation is 2. The summed E-state index contributed by atoms with van der Waals surface area (Å²) in [5.41, 5.74) is 8.27. The smallest absolute Gasteiger partial charge is 0.152 e. The van der Waals surface area contributed by atoms with Gasteiger partial charge in [0.25, 0.3) is 0 Å². The number of halogens is 5. The molecule has 1 N–H and O–H groups in total. The number of nitrogens with one attached hydrogen (secondary N) is 1. The maximum atomic E-state index is 15.4. The minimum atomic E-state index is -0.714. The van der Waals surface area contributed by atoms with Crippen LogP contribution >= 0.6 is 11.6 Å². The molecule has 0 spiro atoms. The monoisotopic (exact) mass is 836 g/mol. The second-order valence-electron chi connectivity index (χ2n) is 14.7. The highest BCUT2D eigenvalue weighted by atomic mass is 35.5. The van der Waals surface area contributed by atoms with Crippen molar-refractivity contribution < 1.29 is 27.0 Å². The molecule has 5 aromatic heterocycles. The molecule has 0 bridgehead atoms. The molecule has 0 unspecified atom stereocenters. The Morgan fingerprint density at radius 1 is 0.617 bits per heavy atom. The Labute approximate surface area is 349 Å². The summed E-state index contributed by atoms with van der Waals surface area (Å²) in [5.74, 6) is -2.02. The lowest BCUT2D eigenvalue weighted by Gasteiger charge is -2.32. The lowest BCUT2D eigenvalue weighted by molar-refractivity contribution is 0.122. The van der Waals surface area contributed by atoms with Crippen LogP contribution < -0.4 is 15.1 Å². The van der Waals surface area contributed by atoms with E-state index in [-0.39, 0.29) is 26.8 Å². The fraction of sp³-hybridized carbons (Fsp3) is 0.267. The van der Waals surface area contributed by atoms with Gasteiger partial charge in [-0.05, 0) is 74.7 Å². The fourth-order valence-electron chi connectivity index (χ4n) is 7.45. The minimum absolute atomic E-state index is 0.131. The summed E-state index contributed by atoms with van der Waals surface area (Å²) in [6.45, 7) is 12.9. The number of nitrogens with zero attached hydrogens (tertiary/aromatic N) is 7. The van der Waals surface area contributed by atoms with Crippen molar-refractivity contribution in [2.24, 2.45) is 0 Å². The molecular formula is C45H41ClF4N8O2. The molecule has 308 valence electrons. The highest BCUT2D eigenvalue weighted by Gasteiger charge is 2.24. The quantitative estimate of drug-likeness (QED) is 0.163. The van der Waals surface area contributed by atoms with Gasteiger partial charge in [0.1, 0.15) is 23.3 Å². The maximum Gasteiger partial charge on any atom is 0.152 e. The van der Waals surface area contributed by atoms with E-state index in [0.717, 1.165) is 53.5 Å². The number of ether oxygens (including phenoxy) is 2. The average molecular weight is 837 g/mol. The number of pyridine rings is 5. The number of aromatic nitrogens is 5. The van der Waals surface area contributed by atoms with Crippen molar-refractivity contribution in [3.8, 4) is 22.8 Å². The third-order valence-corrected chi connectivity index (χ3v) is 11.0. The van der Waals surface area contributed by atoms with E-state index in [1.807, 2.05) is 57.3 Å². The van der Waals surface area contributed by atoms with Crippen molar-refractivity contribution in [2.75, 3.05) is 67.7 Å². The van der Waals surface area contributed by atoms with E-state index in [2.05, 4.69) is 35.1 Å². The normalized spacial score (nSPS) is 14.3. The molecule has 15 heteroatoms. The molecule has 0 saturated carbocycles. The van der Waals surface area contributed by atoms with Crippen LogP contribution in [0.3, 0.4) is 0 Å². The molecule has 7 aromatic rings. The molecule has 2 aromatic carbocycles. The lowest BCUT2D eigenvalue weighted by Crippen LogP contribution is -2.38. The molecule has 2 saturated heterocycles. The van der Waals surface area contributed by atoms with Gasteiger partial charge in [-0.15, -0.1) is 0 Å². The van der Waals surface area contributed by atoms with Gasteiger partial charge < -0.3 is 24.6 Å². The third-order valence-electron chi connectivity index (χ3n) is 10.5. The van der Waals surface area contributed by atoms with Gasteiger partial charge in [0.05, 0.1) is 99.3 Å². The molecule has 2 fully saturated rings. The van der Waals surface area contributed by atoms with Crippen LogP contribution in [0, 0.1) is 51.0 Å². The predicted octanol–water partition coefficient (Wildman–Crippen LogP) is 9.85. The average Bonchev–Trinajstić information content (AvgIpc) is 3.23. The minimum Gasteiger partial charge on any atom is -0.378 e. The first-order valence-electron chi connectivity index (χ1n) is 19.5. The molecule has 10 nitrogen and oxygen atoms in total. The number of hydrogen-bond acceptors (Lipinski definition) is 10. The highest BCUT2D eigenvalue weighted by Crippen LogP contribution is 2.40. The van der Waals surface area contributed by atoms with Gasteiger partial charge in [0, 0.05) is 68.4 Å². The van der Waals surface area contributed by atoms with Crippen LogP contribution in [0.15, 0.2) is 73.2 Å². The number of hydrogen-bond donors (Lipinski definition) is 1. The van der Waals surface area contributed by atoms with Crippen LogP contribution in [-0.4, -0.2) is 77.5 Å². The van der Waals surface area contributed by atoms with Crippen LogP contribution in [0.2, 0.25) is 5.02 Å². The summed E-state index contributed by atoms with van der Waals surface area (Å²) < 4.78 is 68.2. The second kappa shape index (κ2) is 17.3. The fourth-order valence-corrected chi connectivity index (χ4v) is 7.72. The van der Waals surface area contributed by atoms with Crippen LogP contribution in [0.25, 0.3) is 44.6 Å². The molecule has 0 radical (unpaired) electrons. The zero-order chi connectivity index (χ0) is 42.1. The van der Waals surface area contributed by atoms with E-state index in [1.165, 1.54) is 12.1 Å². The number of fused-ring (bicyclic) bond motifs is 2. The summed E-state index contributed by atoms with van der Waals surface area (Å²) in [7, 11) is 0. The highest BCUT2D eigenvalue weighted by molar-refractivity contribution is 6.36. The van der Waals surface area contributed by atoms with Crippen LogP contribution in [0.5, 0.6) is 0 Å². The van der Waals surface area contributed by atoms with Crippen LogP contribution in [0.4, 0.5) is 40.4 Å². The number of rotatable bonds is 6. The van der Waals surface area contributed by atoms with E-state index in [1.54, 1.807) is 19.3 Å². The molecule has 60 heavy (non-hydrogen) atoms. The Morgan fingerprint density at radius 3 is 1.70 bits per heavy atom. The van der Waals surface area contributed by atoms with E-state index in [9.17, 15) is 13.2 Å². The second-order valence-corrected chi connectivity index (χ2v) is 15.1. The Balaban J connectivity index is 0.000000200. The van der Waals surface area contributed by atoms with Crippen molar-refractivity contribution in [2.45, 2.75) is 27.7 Å². The number of benzene rings is 2. The van der Waals surface area contributed by atoms with Crippen molar-refractivity contribution in [3.05, 3.63) is 124 Å². The van der Waals surface area contributed by atoms with Crippen molar-refractivity contribution in [3.63, 3.8) is 0 Å². The van der Waals surface area contributed by atoms with E-state index >= 15 is 4.39 Å². The molecule has 2 aliphatic rings. The van der Waals surface area contributed by atoms with Crippen molar-refractivity contribution in [1.29, 1.82) is 0 Å². The van der Waals surface area contributed by atoms with Crippen LogP contribution in [0.1, 0.15) is 22.3 Å². The number of morpholine rings is 2. The van der Waals surface area contributed by atoms with Gasteiger partial charge in [-0.1, -0.05) is 11.6 Å². The maximum absolute atomic E-state index is 15.4. The summed E-state index contributed by atoms with van der Waals surface area (Å²) in [5, 5.41) is 4.09. The molecular weight excluding hydrogens is 796 g/mol. The van der Waals surface area contributed by atoms with Crippen molar-refractivity contribution >= 4 is 56.3 Å². The van der Waals surface area contributed by atoms with Crippen molar-refractivity contribution in [1.82, 2.24) is 24.9 Å². The van der Waals surface area contributed by atoms with Gasteiger partial charge in [-0.2, -0.15) is 0 Å². The molecule has 0 aliphatic carbocycles. The summed E-state index contributed by atoms with van der Waals surface area (Å²) in [6.07, 6.45) is 5.24. The Morgan fingerprint density at radius 2 is 1.13 bits per heavy atom. The van der Waals surface area contributed by atoms with Gasteiger partial charge in [0.2, 0.25) is 0 Å². The first-order chi connectivity index (χ1) is 28.9. The number of anilines is 4. The largest absolute Gasteiger partial charge is 0.378 e. The molecule has 7 heterocycles. The summed E-state index contributed by atoms with van der Waals surface area (Å²) in [6, 6.07) is 13.7. The van der Waals surface area contributed by atoms with Gasteiger partial charge in [-0.25, -0.2) is 32.5 Å². The summed E-state index contributed by atoms with van der Waals surface area (Å²) >= 11 is 6.25. The molecule has 9 rings (SSSR count). The van der Waals surface area contributed by atoms with E-state index in [4.69, 9.17) is 26.1 Å². The zero-order valence-corrected chi connectivity index (χ0v) is 34.2. The van der Waals surface area contributed by atoms with Crippen LogP contribution in [-0.2, 0) is 9.47 Å². The summed E-state index contributed by atoms with van der Waals surface area (Å²) in [4.78, 5) is 27.0. The Bertz CT molecular complexity index is 2750. The SMILES string of the molecule is Cc1ccnc(-c2nc3cc(F)cc(F)c3c(Cl)c2C)c1.Cc1ccnc(-c2nc3cc(F)cc(F)c3c(Nc3cc(N4CCOCC4)cnc3N3CCOCC3)c2C)c1. The zero-order valence-electron chi connectivity index (χ0n) is 33.4. The van der Waals surface area contributed by atoms with Gasteiger partial charge in [0.15, 0.2) is 5.82 Å². The lowest BCUT2D eigenvalue weighted by atomic mass is 10.0. The molecule has 0 amide bonds.